The zero-order valence-electron chi connectivity index (χ0n) is 9.42. The van der Waals surface area contributed by atoms with E-state index in [0.29, 0.717) is 6.10 Å². The van der Waals surface area contributed by atoms with E-state index in [0.717, 1.165) is 19.4 Å². The van der Waals surface area contributed by atoms with Gasteiger partial charge in [0.05, 0.1) is 0 Å². The Morgan fingerprint density at radius 1 is 1.40 bits per heavy atom. The number of rotatable bonds is 4. The average Bonchev–Trinajstić information content (AvgIpc) is 2.72. The molecule has 1 aliphatic carbocycles. The molecule has 1 atom stereocenters. The topological polar surface area (TPSA) is 12.5 Å². The van der Waals surface area contributed by atoms with Gasteiger partial charge in [-0.05, 0) is 62.3 Å². The van der Waals surface area contributed by atoms with Crippen LogP contribution in [0.1, 0.15) is 29.2 Å². The molecule has 0 amide bonds. The first-order valence-electron chi connectivity index (χ1n) is 5.71. The molecule has 3 aliphatic rings. The van der Waals surface area contributed by atoms with E-state index in [1.165, 1.54) is 28.9 Å². The Morgan fingerprint density at radius 3 is 2.87 bits per heavy atom. The van der Waals surface area contributed by atoms with Crippen molar-refractivity contribution < 1.29 is 4.74 Å². The molecule has 0 radical (unpaired) electrons. The third-order valence-corrected chi connectivity index (χ3v) is 3.35. The summed E-state index contributed by atoms with van der Waals surface area (Å²) in [6.07, 6.45) is 3.88. The number of aryl methyl sites for hydroxylation is 1. The fourth-order valence-corrected chi connectivity index (χ4v) is 2.61. The Morgan fingerprint density at radius 2 is 2.27 bits per heavy atom. The monoisotopic (exact) mass is 203 g/mol. The van der Waals surface area contributed by atoms with Crippen molar-refractivity contribution in [3.8, 4) is 5.75 Å². The quantitative estimate of drug-likeness (QED) is 0.743. The van der Waals surface area contributed by atoms with Gasteiger partial charge in [0.25, 0.3) is 0 Å². The van der Waals surface area contributed by atoms with Crippen molar-refractivity contribution in [2.24, 2.45) is 0 Å². The van der Waals surface area contributed by atoms with Gasteiger partial charge in [0.2, 0.25) is 0 Å². The van der Waals surface area contributed by atoms with Crippen molar-refractivity contribution in [2.45, 2.75) is 25.4 Å². The summed E-state index contributed by atoms with van der Waals surface area (Å²) in [4.78, 5) is 2.24. The van der Waals surface area contributed by atoms with Gasteiger partial charge in [-0.2, -0.15) is 0 Å². The van der Waals surface area contributed by atoms with Gasteiger partial charge in [-0.15, -0.1) is 0 Å². The summed E-state index contributed by atoms with van der Waals surface area (Å²) < 4.78 is 5.86. The molecule has 0 saturated heterocycles. The van der Waals surface area contributed by atoms with Gasteiger partial charge in [0, 0.05) is 6.42 Å². The van der Waals surface area contributed by atoms with E-state index in [9.17, 15) is 0 Å². The minimum atomic E-state index is 0.382. The molecule has 1 unspecified atom stereocenters. The molecule has 1 aromatic rings. The van der Waals surface area contributed by atoms with Gasteiger partial charge < -0.3 is 9.64 Å². The van der Waals surface area contributed by atoms with Crippen molar-refractivity contribution in [3.05, 3.63) is 28.8 Å². The Bertz CT molecular complexity index is 398. The number of hydrogen-bond acceptors (Lipinski definition) is 2. The normalized spacial score (nSPS) is 20.3. The van der Waals surface area contributed by atoms with Crippen molar-refractivity contribution in [1.29, 1.82) is 0 Å². The van der Waals surface area contributed by atoms with Crippen LogP contribution in [-0.2, 0) is 12.8 Å². The smallest absolute Gasteiger partial charge is 0.128 e. The molecule has 15 heavy (non-hydrogen) atoms. The highest BCUT2D eigenvalue weighted by Crippen LogP contribution is 2.47. The lowest BCUT2D eigenvalue weighted by atomic mass is 10.0. The van der Waals surface area contributed by atoms with Crippen LogP contribution in [0.2, 0.25) is 0 Å². The first-order valence-corrected chi connectivity index (χ1v) is 5.71. The SMILES string of the molecule is CN(C)CCCc1cc2cc3c1OC2C3. The summed E-state index contributed by atoms with van der Waals surface area (Å²) in [5, 5.41) is 0. The first kappa shape index (κ1) is 9.22. The summed E-state index contributed by atoms with van der Waals surface area (Å²) in [5.41, 5.74) is 4.27. The van der Waals surface area contributed by atoms with Crippen LogP contribution < -0.4 is 4.74 Å². The lowest BCUT2D eigenvalue weighted by Gasteiger charge is -2.19. The minimum Gasteiger partial charge on any atom is -0.485 e. The average molecular weight is 203 g/mol. The molecule has 2 aliphatic heterocycles. The molecule has 0 spiro atoms. The highest BCUT2D eigenvalue weighted by atomic mass is 16.5. The van der Waals surface area contributed by atoms with Crippen LogP contribution in [0.5, 0.6) is 5.75 Å². The van der Waals surface area contributed by atoms with Crippen LogP contribution in [0.3, 0.4) is 0 Å². The van der Waals surface area contributed by atoms with Crippen molar-refractivity contribution in [1.82, 2.24) is 4.90 Å². The largest absolute Gasteiger partial charge is 0.485 e. The highest BCUT2D eigenvalue weighted by Gasteiger charge is 2.34. The molecule has 2 heteroatoms. The summed E-state index contributed by atoms with van der Waals surface area (Å²) in [6.45, 7) is 1.16. The number of fused-ring (bicyclic) bond motifs is 1. The highest BCUT2D eigenvalue weighted by molar-refractivity contribution is 5.54. The number of benzene rings is 1. The number of hydrogen-bond donors (Lipinski definition) is 0. The van der Waals surface area contributed by atoms with E-state index < -0.39 is 0 Å². The third-order valence-electron chi connectivity index (χ3n) is 3.35. The Hall–Kier alpha value is -1.02. The van der Waals surface area contributed by atoms with Crippen LogP contribution in [0.15, 0.2) is 12.1 Å². The third kappa shape index (κ3) is 1.44. The Labute approximate surface area is 90.8 Å². The molecule has 0 saturated carbocycles. The molecule has 1 aromatic carbocycles. The maximum absolute atomic E-state index is 5.86. The zero-order chi connectivity index (χ0) is 10.4. The molecule has 2 nitrogen and oxygen atoms in total. The van der Waals surface area contributed by atoms with Gasteiger partial charge in [0.1, 0.15) is 11.9 Å². The molecule has 0 aromatic heterocycles. The van der Waals surface area contributed by atoms with Crippen LogP contribution >= 0.6 is 0 Å². The summed E-state index contributed by atoms with van der Waals surface area (Å²) in [7, 11) is 4.25. The predicted molar refractivity (Wildman–Crippen MR) is 60.4 cm³/mol. The van der Waals surface area contributed by atoms with Gasteiger partial charge >= 0.3 is 0 Å². The fourth-order valence-electron chi connectivity index (χ4n) is 2.61. The Kier molecular flexibility index (Phi) is 1.99. The van der Waals surface area contributed by atoms with Crippen molar-refractivity contribution >= 4 is 0 Å². The van der Waals surface area contributed by atoms with Gasteiger partial charge in [0.15, 0.2) is 0 Å². The molecule has 80 valence electrons. The minimum absolute atomic E-state index is 0.382. The lowest BCUT2D eigenvalue weighted by Crippen LogP contribution is -2.14. The van der Waals surface area contributed by atoms with Gasteiger partial charge in [-0.1, -0.05) is 0 Å². The van der Waals surface area contributed by atoms with E-state index in [1.807, 2.05) is 0 Å². The first-order chi connectivity index (χ1) is 7.24. The van der Waals surface area contributed by atoms with E-state index in [-0.39, 0.29) is 0 Å². The van der Waals surface area contributed by atoms with Crippen LogP contribution in [0.4, 0.5) is 0 Å². The maximum Gasteiger partial charge on any atom is 0.128 e. The predicted octanol–water partition coefficient (Wildman–Crippen LogP) is 2.17. The molecule has 0 fully saturated rings. The summed E-state index contributed by atoms with van der Waals surface area (Å²) in [5.74, 6) is 1.20. The lowest BCUT2D eigenvalue weighted by molar-refractivity contribution is 0.231. The van der Waals surface area contributed by atoms with Crippen LogP contribution in [-0.4, -0.2) is 25.5 Å². The summed E-state index contributed by atoms with van der Waals surface area (Å²) >= 11 is 0. The van der Waals surface area contributed by atoms with E-state index in [1.54, 1.807) is 0 Å². The van der Waals surface area contributed by atoms with Crippen molar-refractivity contribution in [2.75, 3.05) is 20.6 Å². The van der Waals surface area contributed by atoms with E-state index in [4.69, 9.17) is 4.74 Å². The second-order valence-electron chi connectivity index (χ2n) is 4.89. The van der Waals surface area contributed by atoms with Crippen LogP contribution in [0, 0.1) is 0 Å². The standard InChI is InChI=1S/C13H17NO/c1-14(2)5-3-4-9-6-10-7-11-8-12(10)15-13(9)11/h6-7,12H,3-5,8H2,1-2H3. The number of nitrogens with zero attached hydrogens (tertiary/aromatic N) is 1. The second kappa shape index (κ2) is 3.24. The molecule has 2 heterocycles. The molecular weight excluding hydrogens is 186 g/mol. The fraction of sp³-hybridized carbons (Fsp3) is 0.538. The maximum atomic E-state index is 5.86. The molecule has 4 bridgehead atoms. The van der Waals surface area contributed by atoms with E-state index >= 15 is 0 Å². The van der Waals surface area contributed by atoms with Crippen LogP contribution in [0.25, 0.3) is 0 Å². The summed E-state index contributed by atoms with van der Waals surface area (Å²) in [6, 6.07) is 4.65. The van der Waals surface area contributed by atoms with E-state index in [2.05, 4.69) is 31.1 Å². The second-order valence-corrected chi connectivity index (χ2v) is 4.89. The van der Waals surface area contributed by atoms with Gasteiger partial charge in [-0.25, -0.2) is 0 Å². The number of ether oxygens (including phenoxy) is 1. The molecular formula is C13H17NO. The molecule has 0 N–H and O–H groups in total. The molecule has 4 rings (SSSR count). The van der Waals surface area contributed by atoms with Crippen molar-refractivity contribution in [3.63, 3.8) is 0 Å². The van der Waals surface area contributed by atoms with Gasteiger partial charge in [-0.3, -0.25) is 0 Å². The zero-order valence-corrected chi connectivity index (χ0v) is 9.42. The Balaban J connectivity index is 1.73.